The molecule has 1 heterocycles. The average molecular weight is 423 g/mol. The quantitative estimate of drug-likeness (QED) is 0.251. The van der Waals surface area contributed by atoms with E-state index in [9.17, 15) is 0 Å². The van der Waals surface area contributed by atoms with E-state index in [1.807, 2.05) is 48.7 Å². The Bertz CT molecular complexity index is 1110. The normalized spacial score (nSPS) is 10.8. The van der Waals surface area contributed by atoms with Gasteiger partial charge in [0.05, 0.1) is 16.4 Å². The molecule has 0 saturated carbocycles. The maximum absolute atomic E-state index is 6.35. The van der Waals surface area contributed by atoms with Gasteiger partial charge in [0, 0.05) is 16.0 Å². The van der Waals surface area contributed by atoms with Gasteiger partial charge in [-0.3, -0.25) is 0 Å². The van der Waals surface area contributed by atoms with Crippen LogP contribution in [0.25, 0.3) is 33.6 Å². The van der Waals surface area contributed by atoms with Crippen LogP contribution in [0.3, 0.4) is 0 Å². The van der Waals surface area contributed by atoms with E-state index in [2.05, 4.69) is 46.4 Å². The summed E-state index contributed by atoms with van der Waals surface area (Å²) in [5.41, 5.74) is 5.81. The molecule has 0 fully saturated rings. The zero-order valence-electron chi connectivity index (χ0n) is 15.1. The third kappa shape index (κ3) is 3.93. The average Bonchev–Trinajstić information content (AvgIpc) is 2.74. The summed E-state index contributed by atoms with van der Waals surface area (Å²) < 4.78 is 0. The SMILES string of the molecule is CSc1c(Cl)cccc1-c1cc(-c2ccc(-c3ccccc3)cc2)nc(Cl)n1. The number of halogens is 2. The number of nitrogens with zero attached hydrogens (tertiary/aromatic N) is 2. The van der Waals surface area contributed by atoms with Gasteiger partial charge >= 0.3 is 0 Å². The van der Waals surface area contributed by atoms with Gasteiger partial charge in [-0.05, 0) is 41.1 Å². The molecule has 0 aliphatic rings. The maximum Gasteiger partial charge on any atom is 0.223 e. The molecule has 3 aromatic carbocycles. The lowest BCUT2D eigenvalue weighted by Gasteiger charge is -2.11. The van der Waals surface area contributed by atoms with Crippen molar-refractivity contribution in [3.05, 3.63) is 89.2 Å². The topological polar surface area (TPSA) is 25.8 Å². The molecule has 0 radical (unpaired) electrons. The standard InChI is InChI=1S/C23H16Cl2N2S/c1-28-22-18(8-5-9-19(22)24)21-14-20(26-23(25)27-21)17-12-10-16(11-13-17)15-6-3-2-4-7-15/h2-14H,1H3. The molecule has 138 valence electrons. The fraction of sp³-hybridized carbons (Fsp3) is 0.0435. The number of hydrogen-bond acceptors (Lipinski definition) is 3. The Morgan fingerprint density at radius 2 is 1.32 bits per heavy atom. The van der Waals surface area contributed by atoms with E-state index < -0.39 is 0 Å². The Hall–Kier alpha value is -2.33. The van der Waals surface area contributed by atoms with Gasteiger partial charge in [-0.2, -0.15) is 0 Å². The van der Waals surface area contributed by atoms with E-state index in [4.69, 9.17) is 23.2 Å². The fourth-order valence-electron chi connectivity index (χ4n) is 3.09. The highest BCUT2D eigenvalue weighted by molar-refractivity contribution is 7.98. The highest BCUT2D eigenvalue weighted by Crippen LogP contribution is 2.36. The smallest absolute Gasteiger partial charge is 0.218 e. The van der Waals surface area contributed by atoms with Gasteiger partial charge in [-0.1, -0.05) is 78.3 Å². The summed E-state index contributed by atoms with van der Waals surface area (Å²) in [7, 11) is 0. The molecule has 0 spiro atoms. The van der Waals surface area contributed by atoms with Crippen LogP contribution >= 0.6 is 35.0 Å². The van der Waals surface area contributed by atoms with E-state index in [0.717, 1.165) is 33.0 Å². The lowest BCUT2D eigenvalue weighted by molar-refractivity contribution is 1.17. The fourth-order valence-corrected chi connectivity index (χ4v) is 4.33. The molecule has 1 aromatic heterocycles. The molecule has 0 unspecified atom stereocenters. The third-order valence-electron chi connectivity index (χ3n) is 4.43. The highest BCUT2D eigenvalue weighted by atomic mass is 35.5. The second kappa shape index (κ2) is 8.36. The van der Waals surface area contributed by atoms with Crippen LogP contribution < -0.4 is 0 Å². The van der Waals surface area contributed by atoms with Crippen molar-refractivity contribution in [2.24, 2.45) is 0 Å². The van der Waals surface area contributed by atoms with E-state index >= 15 is 0 Å². The van der Waals surface area contributed by atoms with Crippen LogP contribution in [0.2, 0.25) is 10.3 Å². The Labute approximate surface area is 178 Å². The summed E-state index contributed by atoms with van der Waals surface area (Å²) in [6.07, 6.45) is 2.00. The van der Waals surface area contributed by atoms with Crippen LogP contribution in [-0.4, -0.2) is 16.2 Å². The van der Waals surface area contributed by atoms with Crippen LogP contribution in [-0.2, 0) is 0 Å². The maximum atomic E-state index is 6.35. The van der Waals surface area contributed by atoms with Crippen LogP contribution in [0.5, 0.6) is 0 Å². The first-order chi connectivity index (χ1) is 13.7. The summed E-state index contributed by atoms with van der Waals surface area (Å²) in [6, 6.07) is 26.3. The van der Waals surface area contributed by atoms with Crippen molar-refractivity contribution in [3.63, 3.8) is 0 Å². The van der Waals surface area contributed by atoms with Gasteiger partial charge in [0.25, 0.3) is 0 Å². The molecule has 4 aromatic rings. The third-order valence-corrected chi connectivity index (χ3v) is 5.88. The number of aromatic nitrogens is 2. The zero-order chi connectivity index (χ0) is 19.5. The first-order valence-corrected chi connectivity index (χ1v) is 10.7. The summed E-state index contributed by atoms with van der Waals surface area (Å²) >= 11 is 14.2. The molecule has 28 heavy (non-hydrogen) atoms. The monoisotopic (exact) mass is 422 g/mol. The first-order valence-electron chi connectivity index (χ1n) is 8.69. The molecular formula is C23H16Cl2N2S. The van der Waals surface area contributed by atoms with Crippen molar-refractivity contribution >= 4 is 35.0 Å². The predicted octanol–water partition coefficient (Wildman–Crippen LogP) is 7.51. The van der Waals surface area contributed by atoms with Crippen molar-refractivity contribution in [1.82, 2.24) is 9.97 Å². The van der Waals surface area contributed by atoms with E-state index in [0.29, 0.717) is 5.02 Å². The van der Waals surface area contributed by atoms with Crippen LogP contribution in [0, 0.1) is 0 Å². The van der Waals surface area contributed by atoms with Crippen molar-refractivity contribution in [3.8, 4) is 33.6 Å². The Morgan fingerprint density at radius 1 is 0.679 bits per heavy atom. The molecule has 0 N–H and O–H groups in total. The Balaban J connectivity index is 1.75. The van der Waals surface area contributed by atoms with Gasteiger partial charge in [0.2, 0.25) is 5.28 Å². The van der Waals surface area contributed by atoms with Crippen LogP contribution in [0.4, 0.5) is 0 Å². The lowest BCUT2D eigenvalue weighted by atomic mass is 10.0. The summed E-state index contributed by atoms with van der Waals surface area (Å²) in [4.78, 5) is 9.83. The number of thioether (sulfide) groups is 1. The van der Waals surface area contributed by atoms with Gasteiger partial charge in [0.1, 0.15) is 0 Å². The van der Waals surface area contributed by atoms with Crippen molar-refractivity contribution in [1.29, 1.82) is 0 Å². The highest BCUT2D eigenvalue weighted by Gasteiger charge is 2.13. The van der Waals surface area contributed by atoms with Crippen molar-refractivity contribution < 1.29 is 0 Å². The largest absolute Gasteiger partial charge is 0.223 e. The van der Waals surface area contributed by atoms with Gasteiger partial charge in [0.15, 0.2) is 0 Å². The molecule has 0 aliphatic carbocycles. The van der Waals surface area contributed by atoms with Gasteiger partial charge in [-0.15, -0.1) is 11.8 Å². The molecule has 5 heteroatoms. The molecule has 4 rings (SSSR count). The number of rotatable bonds is 4. The van der Waals surface area contributed by atoms with Crippen LogP contribution in [0.1, 0.15) is 0 Å². The minimum Gasteiger partial charge on any atom is -0.218 e. The second-order valence-electron chi connectivity index (χ2n) is 6.17. The number of benzene rings is 3. The Morgan fingerprint density at radius 3 is 2.04 bits per heavy atom. The van der Waals surface area contributed by atoms with Gasteiger partial charge in [-0.25, -0.2) is 9.97 Å². The lowest BCUT2D eigenvalue weighted by Crippen LogP contribution is -1.93. The summed E-state index contributed by atoms with van der Waals surface area (Å²) in [6.45, 7) is 0. The molecule has 0 saturated heterocycles. The molecule has 2 nitrogen and oxygen atoms in total. The van der Waals surface area contributed by atoms with Crippen LogP contribution in [0.15, 0.2) is 83.8 Å². The predicted molar refractivity (Wildman–Crippen MR) is 120 cm³/mol. The van der Waals surface area contributed by atoms with E-state index in [-0.39, 0.29) is 5.28 Å². The van der Waals surface area contributed by atoms with Crippen molar-refractivity contribution in [2.45, 2.75) is 4.90 Å². The molecule has 0 aliphatic heterocycles. The first kappa shape index (κ1) is 19.0. The summed E-state index contributed by atoms with van der Waals surface area (Å²) in [5.74, 6) is 0. The number of hydrogen-bond donors (Lipinski definition) is 0. The van der Waals surface area contributed by atoms with Gasteiger partial charge < -0.3 is 0 Å². The molecular weight excluding hydrogens is 407 g/mol. The zero-order valence-corrected chi connectivity index (χ0v) is 17.4. The van der Waals surface area contributed by atoms with Crippen molar-refractivity contribution in [2.75, 3.05) is 6.26 Å². The van der Waals surface area contributed by atoms with E-state index in [1.165, 1.54) is 5.56 Å². The minimum atomic E-state index is 0.215. The van der Waals surface area contributed by atoms with E-state index in [1.54, 1.807) is 11.8 Å². The minimum absolute atomic E-state index is 0.215. The Kier molecular flexibility index (Phi) is 5.67. The molecule has 0 amide bonds. The summed E-state index contributed by atoms with van der Waals surface area (Å²) in [5, 5.41) is 0.917. The molecule has 0 atom stereocenters. The second-order valence-corrected chi connectivity index (χ2v) is 7.73. The molecule has 0 bridgehead atoms.